The number of rotatable bonds is 7. The van der Waals surface area contributed by atoms with Crippen molar-refractivity contribution in [3.63, 3.8) is 0 Å². The molecule has 0 aliphatic carbocycles. The van der Waals surface area contributed by atoms with E-state index in [4.69, 9.17) is 4.74 Å². The van der Waals surface area contributed by atoms with E-state index < -0.39 is 6.10 Å². The van der Waals surface area contributed by atoms with Gasteiger partial charge >= 0.3 is 0 Å². The Morgan fingerprint density at radius 2 is 2.00 bits per heavy atom. The number of carbonyl (C=O) groups is 1. The average Bonchev–Trinajstić information content (AvgIpc) is 3.01. The van der Waals surface area contributed by atoms with Crippen LogP contribution in [-0.2, 0) is 9.53 Å². The Hall–Kier alpha value is -1.43. The maximum Gasteiger partial charge on any atom is 0.225 e. The number of hydrogen-bond donors (Lipinski definition) is 2. The van der Waals surface area contributed by atoms with Gasteiger partial charge in [0, 0.05) is 13.2 Å². The summed E-state index contributed by atoms with van der Waals surface area (Å²) in [4.78, 5) is 14.9. The molecular weight excluding hydrogens is 304 g/mol. The summed E-state index contributed by atoms with van der Waals surface area (Å²) in [7, 11) is 3.75. The number of methoxy groups -OCH3 is 1. The van der Waals surface area contributed by atoms with Crippen molar-refractivity contribution in [2.45, 2.75) is 51.0 Å². The Kier molecular flexibility index (Phi) is 6.78. The van der Waals surface area contributed by atoms with Crippen LogP contribution in [-0.4, -0.2) is 54.8 Å². The summed E-state index contributed by atoms with van der Waals surface area (Å²) < 4.78 is 5.65. The summed E-state index contributed by atoms with van der Waals surface area (Å²) in [5.74, 6) is -0.351. The van der Waals surface area contributed by atoms with Gasteiger partial charge in [-0.15, -0.1) is 0 Å². The molecule has 5 atom stereocenters. The van der Waals surface area contributed by atoms with E-state index in [2.05, 4.69) is 17.3 Å². The van der Waals surface area contributed by atoms with E-state index in [1.165, 1.54) is 0 Å². The average molecular weight is 334 g/mol. The van der Waals surface area contributed by atoms with Gasteiger partial charge in [0.1, 0.15) is 0 Å². The standard InChI is InChI=1S/C19H30N2O3/c1-13(18(24-4)16-11-8-12-21(16)3)19(23)20-14(2)17(22)15-9-6-5-7-10-15/h5-7,9-10,13-14,16-18,22H,8,11-12H2,1-4H3,(H,20,23)/t13-,14-,16+,17-,18?/m1/s1. The zero-order valence-electron chi connectivity index (χ0n) is 15.1. The topological polar surface area (TPSA) is 61.8 Å². The number of likely N-dealkylation sites (tertiary alicyclic amines) is 1. The number of nitrogens with one attached hydrogen (secondary N) is 1. The predicted octanol–water partition coefficient (Wildman–Crippen LogP) is 1.97. The number of nitrogens with zero attached hydrogens (tertiary/aromatic N) is 1. The van der Waals surface area contributed by atoms with Gasteiger partial charge in [0.15, 0.2) is 0 Å². The molecule has 5 heteroatoms. The summed E-state index contributed by atoms with van der Waals surface area (Å²) >= 11 is 0. The molecule has 1 aromatic rings. The van der Waals surface area contributed by atoms with Crippen LogP contribution in [0.5, 0.6) is 0 Å². The maximum atomic E-state index is 12.6. The van der Waals surface area contributed by atoms with E-state index in [0.717, 1.165) is 24.9 Å². The Morgan fingerprint density at radius 3 is 2.54 bits per heavy atom. The molecule has 0 saturated carbocycles. The van der Waals surface area contributed by atoms with Gasteiger partial charge in [-0.1, -0.05) is 37.3 Å². The quantitative estimate of drug-likeness (QED) is 0.800. The van der Waals surface area contributed by atoms with Crippen LogP contribution in [0, 0.1) is 5.92 Å². The second-order valence-corrected chi connectivity index (χ2v) is 6.83. The Balaban J connectivity index is 1.97. The number of ether oxygens (including phenoxy) is 1. The van der Waals surface area contributed by atoms with Crippen molar-refractivity contribution in [2.24, 2.45) is 5.92 Å². The molecule has 1 aromatic carbocycles. The van der Waals surface area contributed by atoms with Crippen molar-refractivity contribution in [1.82, 2.24) is 10.2 Å². The summed E-state index contributed by atoms with van der Waals surface area (Å²) in [6.07, 6.45) is 1.32. The number of aliphatic hydroxyl groups is 1. The Bertz CT molecular complexity index is 523. The number of benzene rings is 1. The van der Waals surface area contributed by atoms with Crippen LogP contribution >= 0.6 is 0 Å². The van der Waals surface area contributed by atoms with Gasteiger partial charge in [-0.2, -0.15) is 0 Å². The van der Waals surface area contributed by atoms with Gasteiger partial charge in [-0.25, -0.2) is 0 Å². The molecule has 1 unspecified atom stereocenters. The highest BCUT2D eigenvalue weighted by Crippen LogP contribution is 2.25. The monoisotopic (exact) mass is 334 g/mol. The van der Waals surface area contributed by atoms with Gasteiger partial charge in [0.2, 0.25) is 5.91 Å². The number of amides is 1. The molecule has 1 aliphatic heterocycles. The fraction of sp³-hybridized carbons (Fsp3) is 0.632. The Morgan fingerprint density at radius 1 is 1.33 bits per heavy atom. The van der Waals surface area contributed by atoms with Crippen LogP contribution in [0.15, 0.2) is 30.3 Å². The second-order valence-electron chi connectivity index (χ2n) is 6.83. The highest BCUT2D eigenvalue weighted by atomic mass is 16.5. The third kappa shape index (κ3) is 4.35. The van der Waals surface area contributed by atoms with Crippen LogP contribution in [0.4, 0.5) is 0 Å². The molecule has 1 fully saturated rings. The van der Waals surface area contributed by atoms with Crippen LogP contribution in [0.2, 0.25) is 0 Å². The van der Waals surface area contributed by atoms with E-state index in [1.807, 2.05) is 44.2 Å². The first-order valence-electron chi connectivity index (χ1n) is 8.72. The third-order valence-electron chi connectivity index (χ3n) is 5.12. The van der Waals surface area contributed by atoms with Crippen LogP contribution in [0.1, 0.15) is 38.4 Å². The summed E-state index contributed by atoms with van der Waals surface area (Å²) in [5.41, 5.74) is 0.803. The molecule has 5 nitrogen and oxygen atoms in total. The van der Waals surface area contributed by atoms with Gasteiger partial charge in [0.05, 0.1) is 24.2 Å². The molecule has 1 saturated heterocycles. The van der Waals surface area contributed by atoms with Crippen molar-refractivity contribution in [3.8, 4) is 0 Å². The molecule has 0 aromatic heterocycles. The zero-order valence-corrected chi connectivity index (χ0v) is 15.1. The molecule has 0 bridgehead atoms. The molecule has 134 valence electrons. The van der Waals surface area contributed by atoms with Gasteiger partial charge < -0.3 is 20.1 Å². The fourth-order valence-corrected chi connectivity index (χ4v) is 3.57. The molecule has 0 radical (unpaired) electrons. The van der Waals surface area contributed by atoms with Crippen molar-refractivity contribution < 1.29 is 14.6 Å². The van der Waals surface area contributed by atoms with E-state index >= 15 is 0 Å². The van der Waals surface area contributed by atoms with Crippen molar-refractivity contribution in [2.75, 3.05) is 20.7 Å². The molecule has 2 rings (SSSR count). The van der Waals surface area contributed by atoms with Crippen molar-refractivity contribution in [3.05, 3.63) is 35.9 Å². The highest BCUT2D eigenvalue weighted by Gasteiger charge is 2.36. The smallest absolute Gasteiger partial charge is 0.225 e. The van der Waals surface area contributed by atoms with Gasteiger partial charge in [-0.05, 0) is 38.9 Å². The lowest BCUT2D eigenvalue weighted by atomic mass is 9.94. The largest absolute Gasteiger partial charge is 0.386 e. The van der Waals surface area contributed by atoms with Gasteiger partial charge in [0.25, 0.3) is 0 Å². The van der Waals surface area contributed by atoms with Crippen LogP contribution in [0.25, 0.3) is 0 Å². The lowest BCUT2D eigenvalue weighted by Gasteiger charge is -2.32. The molecule has 1 amide bonds. The van der Waals surface area contributed by atoms with Crippen molar-refractivity contribution in [1.29, 1.82) is 0 Å². The van der Waals surface area contributed by atoms with Gasteiger partial charge in [-0.3, -0.25) is 4.79 Å². The molecule has 1 aliphatic rings. The van der Waals surface area contributed by atoms with E-state index in [9.17, 15) is 9.90 Å². The lowest BCUT2D eigenvalue weighted by Crippen LogP contribution is -2.49. The minimum Gasteiger partial charge on any atom is -0.386 e. The first kappa shape index (κ1) is 18.9. The predicted molar refractivity (Wildman–Crippen MR) is 94.6 cm³/mol. The summed E-state index contributed by atoms with van der Waals surface area (Å²) in [6, 6.07) is 9.30. The number of likely N-dealkylation sites (N-methyl/N-ethyl adjacent to an activating group) is 1. The summed E-state index contributed by atoms with van der Waals surface area (Å²) in [5, 5.41) is 13.4. The van der Waals surface area contributed by atoms with E-state index in [1.54, 1.807) is 7.11 Å². The first-order chi connectivity index (χ1) is 11.5. The van der Waals surface area contributed by atoms with Crippen LogP contribution in [0.3, 0.4) is 0 Å². The fourth-order valence-electron chi connectivity index (χ4n) is 3.57. The Labute approximate surface area is 145 Å². The zero-order chi connectivity index (χ0) is 17.7. The number of carbonyl (C=O) groups excluding carboxylic acids is 1. The lowest BCUT2D eigenvalue weighted by molar-refractivity contribution is -0.132. The molecule has 24 heavy (non-hydrogen) atoms. The normalized spacial score (nSPS) is 23.5. The van der Waals surface area contributed by atoms with Crippen molar-refractivity contribution >= 4 is 5.91 Å². The highest BCUT2D eigenvalue weighted by molar-refractivity contribution is 5.79. The minimum atomic E-state index is -0.725. The first-order valence-corrected chi connectivity index (χ1v) is 8.72. The SMILES string of the molecule is COC([C@@H](C)C(=O)N[C@H](C)[C@@H](O)c1ccccc1)[C@@H]1CCCN1C. The molecule has 2 N–H and O–H groups in total. The molecule has 1 heterocycles. The molecular formula is C19H30N2O3. The molecule has 0 spiro atoms. The summed E-state index contributed by atoms with van der Waals surface area (Å²) in [6.45, 7) is 4.77. The number of hydrogen-bond acceptors (Lipinski definition) is 4. The number of aliphatic hydroxyl groups excluding tert-OH is 1. The maximum absolute atomic E-state index is 12.6. The van der Waals surface area contributed by atoms with E-state index in [-0.39, 0.29) is 30.0 Å². The minimum absolute atomic E-state index is 0.0790. The third-order valence-corrected chi connectivity index (χ3v) is 5.12. The van der Waals surface area contributed by atoms with Crippen LogP contribution < -0.4 is 5.32 Å². The second kappa shape index (κ2) is 8.60. The van der Waals surface area contributed by atoms with E-state index in [0.29, 0.717) is 0 Å².